The van der Waals surface area contributed by atoms with Crippen molar-refractivity contribution in [3.63, 3.8) is 0 Å². The highest BCUT2D eigenvalue weighted by Gasteiger charge is 2.48. The van der Waals surface area contributed by atoms with E-state index in [1.165, 1.54) is 6.42 Å². The molecule has 5 nitrogen and oxygen atoms in total. The Hall–Kier alpha value is -2.31. The summed E-state index contributed by atoms with van der Waals surface area (Å²) in [6.45, 7) is 2.62. The highest BCUT2D eigenvalue weighted by molar-refractivity contribution is 7.16. The first-order chi connectivity index (χ1) is 15.0. The van der Waals surface area contributed by atoms with Gasteiger partial charge in [0.1, 0.15) is 16.1 Å². The van der Waals surface area contributed by atoms with Gasteiger partial charge in [0.25, 0.3) is 5.91 Å². The van der Waals surface area contributed by atoms with E-state index >= 15 is 0 Å². The molecule has 1 N–H and O–H groups in total. The number of nitrogens with one attached hydrogen (secondary N) is 1. The van der Waals surface area contributed by atoms with E-state index in [0.29, 0.717) is 23.8 Å². The molecule has 5 rings (SSSR count). The third kappa shape index (κ3) is 3.56. The number of hydrogen-bond donors (Lipinski definition) is 1. The van der Waals surface area contributed by atoms with Crippen LogP contribution in [0.5, 0.6) is 0 Å². The average Bonchev–Trinajstić information content (AvgIpc) is 3.35. The van der Waals surface area contributed by atoms with E-state index in [4.69, 9.17) is 11.6 Å². The Morgan fingerprint density at radius 3 is 2.77 bits per heavy atom. The molecule has 0 bridgehead atoms. The lowest BCUT2D eigenvalue weighted by Crippen LogP contribution is -2.64. The summed E-state index contributed by atoms with van der Waals surface area (Å²) in [5, 5.41) is 6.94. The minimum atomic E-state index is -1.00. The van der Waals surface area contributed by atoms with E-state index in [2.05, 4.69) is 5.32 Å². The topological polar surface area (TPSA) is 54.3 Å². The van der Waals surface area contributed by atoms with Crippen LogP contribution in [-0.2, 0) is 17.9 Å². The molecule has 2 amide bonds. The summed E-state index contributed by atoms with van der Waals surface area (Å²) in [5.41, 5.74) is 0.476. The van der Waals surface area contributed by atoms with Gasteiger partial charge in [0.2, 0.25) is 5.91 Å². The van der Waals surface area contributed by atoms with Gasteiger partial charge in [0, 0.05) is 23.0 Å². The lowest BCUT2D eigenvalue weighted by Gasteiger charge is -2.45. The summed E-state index contributed by atoms with van der Waals surface area (Å²) in [4.78, 5) is 30.1. The molecule has 2 aliphatic rings. The monoisotopic (exact) mass is 455 g/mol. The number of carbonyl (C=O) groups excluding carboxylic acids is 2. The summed E-state index contributed by atoms with van der Waals surface area (Å²) >= 11 is 8.03. The Balaban J connectivity index is 1.54. The van der Waals surface area contributed by atoms with Crippen molar-refractivity contribution >= 4 is 45.0 Å². The van der Waals surface area contributed by atoms with Gasteiger partial charge in [0.05, 0.1) is 6.54 Å². The van der Waals surface area contributed by atoms with Crippen molar-refractivity contribution in [1.29, 1.82) is 0 Å². The molecule has 0 radical (unpaired) electrons. The fourth-order valence-corrected chi connectivity index (χ4v) is 5.98. The predicted molar refractivity (Wildman–Crippen MR) is 125 cm³/mol. The number of amides is 2. The van der Waals surface area contributed by atoms with Crippen molar-refractivity contribution in [2.75, 3.05) is 0 Å². The molecule has 162 valence electrons. The van der Waals surface area contributed by atoms with Gasteiger partial charge in [-0.15, -0.1) is 11.3 Å². The summed E-state index contributed by atoms with van der Waals surface area (Å²) in [6.07, 6.45) is 5.52. The zero-order chi connectivity index (χ0) is 21.6. The quantitative estimate of drug-likeness (QED) is 0.586. The number of carbonyl (C=O) groups is 2. The first kappa shape index (κ1) is 20.6. The third-order valence-electron chi connectivity index (χ3n) is 6.74. The molecule has 1 aliphatic carbocycles. The third-order valence-corrected chi connectivity index (χ3v) is 8.06. The molecule has 1 saturated carbocycles. The van der Waals surface area contributed by atoms with Crippen molar-refractivity contribution in [3.05, 3.63) is 58.1 Å². The number of fused-ring (bicyclic) bond motifs is 3. The molecule has 31 heavy (non-hydrogen) atoms. The molecule has 0 spiro atoms. The van der Waals surface area contributed by atoms with Gasteiger partial charge in [-0.05, 0) is 48.9 Å². The Bertz CT molecular complexity index is 1150. The van der Waals surface area contributed by atoms with Crippen LogP contribution in [0.1, 0.15) is 55.1 Å². The lowest BCUT2D eigenvalue weighted by molar-refractivity contribution is -0.134. The van der Waals surface area contributed by atoms with Crippen molar-refractivity contribution in [3.8, 4) is 0 Å². The molecule has 7 heteroatoms. The average molecular weight is 456 g/mol. The maximum atomic E-state index is 13.7. The first-order valence-corrected chi connectivity index (χ1v) is 12.2. The van der Waals surface area contributed by atoms with Crippen molar-refractivity contribution in [2.24, 2.45) is 0 Å². The molecule has 0 saturated heterocycles. The zero-order valence-electron chi connectivity index (χ0n) is 17.6. The number of halogens is 1. The maximum Gasteiger partial charge on any atom is 0.271 e. The van der Waals surface area contributed by atoms with Crippen LogP contribution in [0, 0.1) is 0 Å². The second-order valence-electron chi connectivity index (χ2n) is 8.86. The number of aromatic nitrogens is 1. The Morgan fingerprint density at radius 2 is 2.00 bits per heavy atom. The van der Waals surface area contributed by atoms with E-state index in [1.54, 1.807) is 16.2 Å². The van der Waals surface area contributed by atoms with Crippen LogP contribution < -0.4 is 5.32 Å². The van der Waals surface area contributed by atoms with Gasteiger partial charge >= 0.3 is 0 Å². The van der Waals surface area contributed by atoms with E-state index in [0.717, 1.165) is 41.5 Å². The highest BCUT2D eigenvalue weighted by atomic mass is 35.5. The second-order valence-corrected chi connectivity index (χ2v) is 10.2. The molecule has 3 heterocycles. The molecule has 1 fully saturated rings. The molecule has 1 aromatic carbocycles. The van der Waals surface area contributed by atoms with Gasteiger partial charge in [-0.1, -0.05) is 49.1 Å². The Labute approximate surface area is 191 Å². The van der Waals surface area contributed by atoms with E-state index in [1.807, 2.05) is 53.3 Å². The smallest absolute Gasteiger partial charge is 0.271 e. The fourth-order valence-electron chi connectivity index (χ4n) is 4.89. The Kier molecular flexibility index (Phi) is 5.30. The number of hydrogen-bond acceptors (Lipinski definition) is 3. The standard InChI is InChI=1S/C24H26ClN3O2S/c1-24(23(30)26-18-8-3-2-4-9-18)15-27-20(13-16-11-12-31-22(16)27)21(29)28(24)14-17-7-5-6-10-19(17)25/h5-7,10-13,18H,2-4,8-9,14-15H2,1H3,(H,26,30)/t24-/m0/s1. The van der Waals surface area contributed by atoms with Crippen LogP contribution in [0.25, 0.3) is 10.2 Å². The normalized spacial score (nSPS) is 22.0. The van der Waals surface area contributed by atoms with Crippen molar-refractivity contribution < 1.29 is 9.59 Å². The largest absolute Gasteiger partial charge is 0.351 e. The number of nitrogens with zero attached hydrogens (tertiary/aromatic N) is 2. The highest BCUT2D eigenvalue weighted by Crippen LogP contribution is 2.36. The van der Waals surface area contributed by atoms with Gasteiger partial charge in [0.15, 0.2) is 0 Å². The molecule has 1 atom stereocenters. The van der Waals surface area contributed by atoms with Crippen molar-refractivity contribution in [1.82, 2.24) is 14.8 Å². The molecule has 1 aliphatic heterocycles. The molecule has 2 aromatic heterocycles. The van der Waals surface area contributed by atoms with Crippen molar-refractivity contribution in [2.45, 2.75) is 63.7 Å². The summed E-state index contributed by atoms with van der Waals surface area (Å²) in [5.74, 6) is -0.209. The first-order valence-electron chi connectivity index (χ1n) is 10.9. The van der Waals surface area contributed by atoms with Gasteiger partial charge in [-0.2, -0.15) is 0 Å². The van der Waals surface area contributed by atoms with Crippen LogP contribution in [0.2, 0.25) is 5.02 Å². The lowest BCUT2D eigenvalue weighted by atomic mass is 9.91. The number of benzene rings is 1. The minimum absolute atomic E-state index is 0.0798. The van der Waals surface area contributed by atoms with Crippen LogP contribution in [0.4, 0.5) is 0 Å². The van der Waals surface area contributed by atoms with E-state index < -0.39 is 5.54 Å². The SMILES string of the molecule is C[C@@]1(C(=O)NC2CCCCC2)Cn2c(cc3ccsc32)C(=O)N1Cc1ccccc1Cl. The predicted octanol–water partition coefficient (Wildman–Crippen LogP) is 5.22. The van der Waals surface area contributed by atoms with Crippen LogP contribution in [0.3, 0.4) is 0 Å². The summed E-state index contributed by atoms with van der Waals surface area (Å²) < 4.78 is 2.02. The number of thiophene rings is 1. The van der Waals surface area contributed by atoms with Crippen LogP contribution in [0.15, 0.2) is 41.8 Å². The second kappa shape index (κ2) is 7.99. The molecule has 3 aromatic rings. The maximum absolute atomic E-state index is 13.7. The molecule has 0 unspecified atom stereocenters. The molecular formula is C24H26ClN3O2S. The summed E-state index contributed by atoms with van der Waals surface area (Å²) in [7, 11) is 0. The van der Waals surface area contributed by atoms with Crippen LogP contribution in [-0.4, -0.2) is 32.9 Å². The van der Waals surface area contributed by atoms with E-state index in [9.17, 15) is 9.59 Å². The van der Waals surface area contributed by atoms with E-state index in [-0.39, 0.29) is 17.9 Å². The van der Waals surface area contributed by atoms with Gasteiger partial charge in [-0.3, -0.25) is 9.59 Å². The summed E-state index contributed by atoms with van der Waals surface area (Å²) in [6, 6.07) is 11.7. The minimum Gasteiger partial charge on any atom is -0.351 e. The zero-order valence-corrected chi connectivity index (χ0v) is 19.1. The number of rotatable bonds is 4. The fraction of sp³-hybridized carbons (Fsp3) is 0.417. The molecular weight excluding hydrogens is 430 g/mol. The van der Waals surface area contributed by atoms with Crippen LogP contribution >= 0.6 is 22.9 Å². The van der Waals surface area contributed by atoms with Gasteiger partial charge in [-0.25, -0.2) is 0 Å². The van der Waals surface area contributed by atoms with Gasteiger partial charge < -0.3 is 14.8 Å². The Morgan fingerprint density at radius 1 is 1.23 bits per heavy atom.